The third kappa shape index (κ3) is 3.87. The van der Waals surface area contributed by atoms with Crippen LogP contribution < -0.4 is 0 Å². The van der Waals surface area contributed by atoms with E-state index >= 15 is 0 Å². The molecule has 17 heavy (non-hydrogen) atoms. The fraction of sp³-hybridized carbons (Fsp3) is 1.00. The molecule has 0 aromatic rings. The molecule has 0 aromatic carbocycles. The van der Waals surface area contributed by atoms with Crippen molar-refractivity contribution >= 4 is 17.1 Å². The van der Waals surface area contributed by atoms with E-state index in [4.69, 9.17) is 17.7 Å². The molecule has 0 N–H and O–H groups in total. The van der Waals surface area contributed by atoms with E-state index in [0.717, 1.165) is 44.2 Å². The molecule has 1 saturated heterocycles. The zero-order valence-corrected chi connectivity index (χ0v) is 13.6. The second-order valence-electron chi connectivity index (χ2n) is 4.23. The quantitative estimate of drug-likeness (QED) is 0.640. The Bertz CT molecular complexity index is 192. The van der Waals surface area contributed by atoms with Crippen LogP contribution in [-0.2, 0) is 17.7 Å². The second kappa shape index (κ2) is 7.01. The largest absolute Gasteiger partial charge is 0.395 e. The Hall–Kier alpha value is 0.274. The van der Waals surface area contributed by atoms with E-state index in [1.165, 1.54) is 0 Å². The summed E-state index contributed by atoms with van der Waals surface area (Å²) in [6.07, 6.45) is 0. The summed E-state index contributed by atoms with van der Waals surface area (Å²) in [4.78, 5) is 0. The molecule has 0 saturated carbocycles. The standard InChI is InChI=1S/C11H26O4Si2/c1-5-12-16(13-6-2)9-10-17(11-16,14-7-3)15-8-4/h5-11H2,1-4H3. The van der Waals surface area contributed by atoms with Gasteiger partial charge in [0.15, 0.2) is 0 Å². The van der Waals surface area contributed by atoms with Gasteiger partial charge >= 0.3 is 17.1 Å². The molecule has 1 fully saturated rings. The highest BCUT2D eigenvalue weighted by molar-refractivity contribution is 6.90. The highest BCUT2D eigenvalue weighted by atomic mass is 28.4. The van der Waals surface area contributed by atoms with Crippen LogP contribution in [0, 0.1) is 0 Å². The molecule has 0 aliphatic carbocycles. The number of hydrogen-bond donors (Lipinski definition) is 0. The first kappa shape index (κ1) is 15.3. The molecule has 1 aliphatic rings. The lowest BCUT2D eigenvalue weighted by Crippen LogP contribution is -2.47. The molecule has 1 heterocycles. The van der Waals surface area contributed by atoms with E-state index < -0.39 is 17.1 Å². The Morgan fingerprint density at radius 3 is 1.18 bits per heavy atom. The summed E-state index contributed by atoms with van der Waals surface area (Å²) in [5.74, 6) is 0. The van der Waals surface area contributed by atoms with Crippen molar-refractivity contribution in [3.05, 3.63) is 0 Å². The van der Waals surface area contributed by atoms with E-state index in [0.29, 0.717) is 0 Å². The van der Waals surface area contributed by atoms with Crippen LogP contribution in [-0.4, -0.2) is 43.5 Å². The predicted molar refractivity (Wildman–Crippen MR) is 72.4 cm³/mol. The zero-order valence-electron chi connectivity index (χ0n) is 11.6. The molecule has 102 valence electrons. The van der Waals surface area contributed by atoms with Crippen LogP contribution >= 0.6 is 0 Å². The zero-order chi connectivity index (χ0) is 12.8. The van der Waals surface area contributed by atoms with Crippen LogP contribution in [0.5, 0.6) is 0 Å². The molecule has 0 bridgehead atoms. The van der Waals surface area contributed by atoms with Gasteiger partial charge in [0.05, 0.1) is 0 Å². The topological polar surface area (TPSA) is 36.9 Å². The molecule has 0 radical (unpaired) electrons. The Balaban J connectivity index is 2.72. The molecule has 1 aliphatic heterocycles. The van der Waals surface area contributed by atoms with E-state index in [9.17, 15) is 0 Å². The first-order valence-electron chi connectivity index (χ1n) is 6.71. The fourth-order valence-corrected chi connectivity index (χ4v) is 14.8. The third-order valence-corrected chi connectivity index (χ3v) is 13.1. The summed E-state index contributed by atoms with van der Waals surface area (Å²) in [5, 5.41) is 0. The van der Waals surface area contributed by atoms with Crippen molar-refractivity contribution in [1.29, 1.82) is 0 Å². The Labute approximate surface area is 107 Å². The van der Waals surface area contributed by atoms with Gasteiger partial charge in [-0.3, -0.25) is 0 Å². The second-order valence-corrected chi connectivity index (χ2v) is 11.4. The minimum absolute atomic E-state index is 0.731. The summed E-state index contributed by atoms with van der Waals surface area (Å²) in [6, 6.07) is 2.06. The summed E-state index contributed by atoms with van der Waals surface area (Å²) in [5.41, 5.74) is 0.934. The average Bonchev–Trinajstić information content (AvgIpc) is 2.60. The SMILES string of the molecule is CCO[Si]1(OCC)CC[Si](OCC)(OCC)C1. The minimum Gasteiger partial charge on any atom is -0.395 e. The monoisotopic (exact) mass is 278 g/mol. The highest BCUT2D eigenvalue weighted by Crippen LogP contribution is 2.40. The maximum Gasteiger partial charge on any atom is 0.339 e. The maximum absolute atomic E-state index is 5.97. The fourth-order valence-electron chi connectivity index (χ4n) is 2.60. The van der Waals surface area contributed by atoms with Gasteiger partial charge < -0.3 is 17.7 Å². The number of hydrogen-bond acceptors (Lipinski definition) is 4. The van der Waals surface area contributed by atoms with Gasteiger partial charge in [-0.2, -0.15) is 0 Å². The van der Waals surface area contributed by atoms with E-state index in [-0.39, 0.29) is 0 Å². The molecule has 0 aromatic heterocycles. The van der Waals surface area contributed by atoms with Gasteiger partial charge in [-0.1, -0.05) is 0 Å². The van der Waals surface area contributed by atoms with Crippen molar-refractivity contribution in [2.24, 2.45) is 0 Å². The molecule has 4 nitrogen and oxygen atoms in total. The molecule has 6 heteroatoms. The van der Waals surface area contributed by atoms with Gasteiger partial charge in [0.2, 0.25) is 0 Å². The van der Waals surface area contributed by atoms with Crippen LogP contribution in [0.2, 0.25) is 17.8 Å². The molecular formula is C11H26O4Si2. The summed E-state index contributed by atoms with van der Waals surface area (Å²) >= 11 is 0. The van der Waals surface area contributed by atoms with Crippen molar-refractivity contribution in [1.82, 2.24) is 0 Å². The van der Waals surface area contributed by atoms with E-state index in [1.54, 1.807) is 0 Å². The van der Waals surface area contributed by atoms with E-state index in [2.05, 4.69) is 0 Å². The summed E-state index contributed by atoms with van der Waals surface area (Å²) in [6.45, 7) is 11.1. The summed E-state index contributed by atoms with van der Waals surface area (Å²) < 4.78 is 23.9. The van der Waals surface area contributed by atoms with Crippen molar-refractivity contribution in [3.63, 3.8) is 0 Å². The molecule has 0 unspecified atom stereocenters. The van der Waals surface area contributed by atoms with Crippen molar-refractivity contribution < 1.29 is 17.7 Å². The van der Waals surface area contributed by atoms with Gasteiger partial charge in [-0.25, -0.2) is 0 Å². The van der Waals surface area contributed by atoms with Crippen molar-refractivity contribution in [3.8, 4) is 0 Å². The minimum atomic E-state index is -2.03. The van der Waals surface area contributed by atoms with Gasteiger partial charge in [-0.15, -0.1) is 0 Å². The Morgan fingerprint density at radius 2 is 0.941 bits per heavy atom. The average molecular weight is 278 g/mol. The molecule has 0 spiro atoms. The van der Waals surface area contributed by atoms with Gasteiger partial charge in [-0.05, 0) is 39.8 Å². The summed E-state index contributed by atoms with van der Waals surface area (Å²) in [7, 11) is -4.06. The van der Waals surface area contributed by atoms with Crippen molar-refractivity contribution in [2.45, 2.75) is 45.5 Å². The van der Waals surface area contributed by atoms with Crippen LogP contribution in [0.1, 0.15) is 27.7 Å². The molecular weight excluding hydrogens is 252 g/mol. The third-order valence-electron chi connectivity index (χ3n) is 3.06. The molecule has 0 atom stereocenters. The maximum atomic E-state index is 5.97. The number of rotatable bonds is 8. The Kier molecular flexibility index (Phi) is 6.32. The van der Waals surface area contributed by atoms with Gasteiger partial charge in [0.25, 0.3) is 0 Å². The smallest absolute Gasteiger partial charge is 0.339 e. The lowest BCUT2D eigenvalue weighted by molar-refractivity contribution is 0.177. The first-order valence-corrected chi connectivity index (χ1v) is 11.2. The lowest BCUT2D eigenvalue weighted by atomic mass is 10.9. The van der Waals surface area contributed by atoms with Crippen LogP contribution in [0.15, 0.2) is 0 Å². The highest BCUT2D eigenvalue weighted by Gasteiger charge is 2.57. The van der Waals surface area contributed by atoms with Crippen LogP contribution in [0.25, 0.3) is 0 Å². The van der Waals surface area contributed by atoms with Crippen LogP contribution in [0.3, 0.4) is 0 Å². The lowest BCUT2D eigenvalue weighted by Gasteiger charge is -2.29. The van der Waals surface area contributed by atoms with Gasteiger partial charge in [0, 0.05) is 32.1 Å². The normalized spacial score (nSPS) is 21.9. The van der Waals surface area contributed by atoms with Gasteiger partial charge in [0.1, 0.15) is 0 Å². The molecule has 1 rings (SSSR count). The van der Waals surface area contributed by atoms with Crippen molar-refractivity contribution in [2.75, 3.05) is 26.4 Å². The predicted octanol–water partition coefficient (Wildman–Crippen LogP) is 2.57. The first-order chi connectivity index (χ1) is 8.16. The van der Waals surface area contributed by atoms with E-state index in [1.807, 2.05) is 27.7 Å². The Morgan fingerprint density at radius 1 is 0.647 bits per heavy atom. The van der Waals surface area contributed by atoms with Crippen LogP contribution in [0.4, 0.5) is 0 Å². The molecule has 0 amide bonds.